The molecule has 0 unspecified atom stereocenters. The van der Waals surface area contributed by atoms with Gasteiger partial charge in [-0.25, -0.2) is 0 Å². The van der Waals surface area contributed by atoms with Crippen molar-refractivity contribution in [3.63, 3.8) is 0 Å². The van der Waals surface area contributed by atoms with Crippen LogP contribution in [0, 0.1) is 5.92 Å². The molecule has 9 heavy (non-hydrogen) atoms. The Hall–Kier alpha value is -0.570. The van der Waals surface area contributed by atoms with Crippen molar-refractivity contribution in [2.24, 2.45) is 11.8 Å². The van der Waals surface area contributed by atoms with Crippen molar-refractivity contribution in [3.8, 4) is 0 Å². The van der Waals surface area contributed by atoms with Crippen molar-refractivity contribution in [2.75, 3.05) is 0 Å². The minimum Gasteiger partial charge on any atom is -0.373 e. The molecule has 0 spiro atoms. The molecule has 0 atom stereocenters. The highest BCUT2D eigenvalue weighted by Crippen LogP contribution is 2.07. The summed E-state index contributed by atoms with van der Waals surface area (Å²) in [5.74, 6) is 4.35. The normalized spacial score (nSPS) is 9.78. The van der Waals surface area contributed by atoms with E-state index in [1.165, 1.54) is 0 Å². The van der Waals surface area contributed by atoms with E-state index in [1.54, 1.807) is 0 Å². The second-order valence-electron chi connectivity index (χ2n) is 1.95. The maximum atomic E-state index is 10.6. The average Bonchev–Trinajstić information content (AvgIpc) is 1.90. The predicted molar refractivity (Wildman–Crippen MR) is 34.4 cm³/mol. The summed E-state index contributed by atoms with van der Waals surface area (Å²) in [6.45, 7) is 3.87. The summed E-state index contributed by atoms with van der Waals surface area (Å²) < 4.78 is 0. The largest absolute Gasteiger partial charge is 0.373 e. The molecule has 2 N–H and O–H groups in total. The van der Waals surface area contributed by atoms with E-state index in [1.807, 2.05) is 13.8 Å². The molecule has 0 aliphatic heterocycles. The van der Waals surface area contributed by atoms with Crippen LogP contribution in [-0.2, 0) is 9.63 Å². The second kappa shape index (κ2) is 4.32. The van der Waals surface area contributed by atoms with Crippen molar-refractivity contribution in [1.29, 1.82) is 0 Å². The molecule has 0 radical (unpaired) electrons. The minimum atomic E-state index is -0.306. The molecule has 0 saturated carbocycles. The van der Waals surface area contributed by atoms with Gasteiger partial charge < -0.3 is 4.84 Å². The lowest BCUT2D eigenvalue weighted by molar-refractivity contribution is -0.149. The molecule has 3 heteroatoms. The minimum absolute atomic E-state index is 0.0185. The standard InChI is InChI=1S/C6H13NO2/c1-3-5(4-2)6(8)9-7/h5H,3-4,7H2,1-2H3. The lowest BCUT2D eigenvalue weighted by Gasteiger charge is -2.06. The molecule has 54 valence electrons. The van der Waals surface area contributed by atoms with Crippen molar-refractivity contribution in [1.82, 2.24) is 0 Å². The van der Waals surface area contributed by atoms with Gasteiger partial charge in [0, 0.05) is 0 Å². The molecule has 0 aliphatic rings. The van der Waals surface area contributed by atoms with Crippen LogP contribution in [-0.4, -0.2) is 5.97 Å². The van der Waals surface area contributed by atoms with Crippen LogP contribution in [0.4, 0.5) is 0 Å². The molecule has 0 aromatic heterocycles. The van der Waals surface area contributed by atoms with Crippen LogP contribution in [0.3, 0.4) is 0 Å². The lowest BCUT2D eigenvalue weighted by Crippen LogP contribution is -2.19. The fraction of sp³-hybridized carbons (Fsp3) is 0.833. The van der Waals surface area contributed by atoms with E-state index >= 15 is 0 Å². The van der Waals surface area contributed by atoms with E-state index in [9.17, 15) is 4.79 Å². The van der Waals surface area contributed by atoms with Gasteiger partial charge in [-0.2, -0.15) is 5.90 Å². The number of carbonyl (C=O) groups is 1. The molecule has 0 heterocycles. The molecule has 0 aromatic carbocycles. The summed E-state index contributed by atoms with van der Waals surface area (Å²) >= 11 is 0. The van der Waals surface area contributed by atoms with Crippen LogP contribution >= 0.6 is 0 Å². The number of hydrogen-bond acceptors (Lipinski definition) is 3. The Morgan fingerprint density at radius 3 is 2.11 bits per heavy atom. The topological polar surface area (TPSA) is 52.3 Å². The molecule has 0 aliphatic carbocycles. The van der Waals surface area contributed by atoms with Gasteiger partial charge in [-0.15, -0.1) is 0 Å². The third kappa shape index (κ3) is 2.46. The number of nitrogens with two attached hydrogens (primary N) is 1. The Morgan fingerprint density at radius 1 is 1.56 bits per heavy atom. The first-order chi connectivity index (χ1) is 4.26. The highest BCUT2D eigenvalue weighted by atomic mass is 16.7. The fourth-order valence-electron chi connectivity index (χ4n) is 0.718. The van der Waals surface area contributed by atoms with Crippen LogP contribution in [0.25, 0.3) is 0 Å². The van der Waals surface area contributed by atoms with Crippen molar-refractivity contribution < 1.29 is 9.63 Å². The molecule has 0 amide bonds. The number of rotatable bonds is 3. The first-order valence-electron chi connectivity index (χ1n) is 3.16. The zero-order chi connectivity index (χ0) is 7.28. The summed E-state index contributed by atoms with van der Waals surface area (Å²) in [6.07, 6.45) is 1.60. The zero-order valence-electron chi connectivity index (χ0n) is 5.89. The third-order valence-corrected chi connectivity index (χ3v) is 1.44. The van der Waals surface area contributed by atoms with Gasteiger partial charge in [0.2, 0.25) is 0 Å². The van der Waals surface area contributed by atoms with Gasteiger partial charge in [0.15, 0.2) is 0 Å². The average molecular weight is 131 g/mol. The van der Waals surface area contributed by atoms with E-state index in [-0.39, 0.29) is 11.9 Å². The number of carbonyl (C=O) groups excluding carboxylic acids is 1. The summed E-state index contributed by atoms with van der Waals surface area (Å²) in [6, 6.07) is 0. The Balaban J connectivity index is 3.64. The zero-order valence-corrected chi connectivity index (χ0v) is 5.89. The van der Waals surface area contributed by atoms with Gasteiger partial charge in [-0.1, -0.05) is 13.8 Å². The molecule has 0 saturated heterocycles. The van der Waals surface area contributed by atoms with Gasteiger partial charge >= 0.3 is 5.97 Å². The van der Waals surface area contributed by atoms with Crippen LogP contribution in [0.1, 0.15) is 26.7 Å². The van der Waals surface area contributed by atoms with Gasteiger partial charge in [-0.3, -0.25) is 4.79 Å². The molecule has 0 bridgehead atoms. The maximum absolute atomic E-state index is 10.6. The summed E-state index contributed by atoms with van der Waals surface area (Å²) in [5.41, 5.74) is 0. The maximum Gasteiger partial charge on any atom is 0.327 e. The summed E-state index contributed by atoms with van der Waals surface area (Å²) in [4.78, 5) is 14.7. The van der Waals surface area contributed by atoms with E-state index in [2.05, 4.69) is 10.7 Å². The Labute approximate surface area is 55.1 Å². The molecule has 0 rings (SSSR count). The highest BCUT2D eigenvalue weighted by molar-refractivity contribution is 5.71. The summed E-state index contributed by atoms with van der Waals surface area (Å²) in [7, 11) is 0. The van der Waals surface area contributed by atoms with Crippen LogP contribution in [0.15, 0.2) is 0 Å². The molecule has 0 fully saturated rings. The van der Waals surface area contributed by atoms with Gasteiger partial charge in [0.1, 0.15) is 0 Å². The lowest BCUT2D eigenvalue weighted by atomic mass is 10.0. The van der Waals surface area contributed by atoms with Gasteiger partial charge in [0.05, 0.1) is 5.92 Å². The predicted octanol–water partition coefficient (Wildman–Crippen LogP) is 0.840. The smallest absolute Gasteiger partial charge is 0.327 e. The molecular weight excluding hydrogens is 118 g/mol. The summed E-state index contributed by atoms with van der Waals surface area (Å²) in [5, 5.41) is 0. The van der Waals surface area contributed by atoms with Crippen molar-refractivity contribution in [3.05, 3.63) is 0 Å². The van der Waals surface area contributed by atoms with Crippen LogP contribution in [0.5, 0.6) is 0 Å². The molecule has 0 aromatic rings. The van der Waals surface area contributed by atoms with Crippen molar-refractivity contribution in [2.45, 2.75) is 26.7 Å². The van der Waals surface area contributed by atoms with E-state index in [4.69, 9.17) is 0 Å². The quantitative estimate of drug-likeness (QED) is 0.577. The Morgan fingerprint density at radius 2 is 2.00 bits per heavy atom. The Kier molecular flexibility index (Phi) is 4.05. The highest BCUT2D eigenvalue weighted by Gasteiger charge is 2.13. The SMILES string of the molecule is CCC(CC)C(=O)ON. The first-order valence-corrected chi connectivity index (χ1v) is 3.16. The van der Waals surface area contributed by atoms with Gasteiger partial charge in [-0.05, 0) is 12.8 Å². The number of hydrogen-bond donors (Lipinski definition) is 1. The fourth-order valence-corrected chi connectivity index (χ4v) is 0.718. The first kappa shape index (κ1) is 8.43. The third-order valence-electron chi connectivity index (χ3n) is 1.44. The van der Waals surface area contributed by atoms with E-state index < -0.39 is 0 Å². The van der Waals surface area contributed by atoms with Gasteiger partial charge in [0.25, 0.3) is 0 Å². The van der Waals surface area contributed by atoms with Crippen LogP contribution < -0.4 is 5.90 Å². The molecular formula is C6H13NO2. The van der Waals surface area contributed by atoms with E-state index in [0.717, 1.165) is 12.8 Å². The van der Waals surface area contributed by atoms with E-state index in [0.29, 0.717) is 0 Å². The second-order valence-corrected chi connectivity index (χ2v) is 1.95. The molecule has 3 nitrogen and oxygen atoms in total. The Bertz CT molecular complexity index is 89.1. The monoisotopic (exact) mass is 131 g/mol. The van der Waals surface area contributed by atoms with Crippen LogP contribution in [0.2, 0.25) is 0 Å². The van der Waals surface area contributed by atoms with Crippen molar-refractivity contribution >= 4 is 5.97 Å².